The maximum Gasteiger partial charge on any atom is 0.230 e. The van der Waals surface area contributed by atoms with Gasteiger partial charge in [-0.1, -0.05) is 30.7 Å². The Morgan fingerprint density at radius 2 is 2.36 bits per heavy atom. The second kappa shape index (κ2) is 7.28. The number of nitrogens with one attached hydrogen (secondary N) is 2. The van der Waals surface area contributed by atoms with Crippen LogP contribution in [0.4, 0.5) is 0 Å². The zero-order valence-corrected chi connectivity index (χ0v) is 14.2. The van der Waals surface area contributed by atoms with Crippen LogP contribution in [0.2, 0.25) is 0 Å². The van der Waals surface area contributed by atoms with Crippen molar-refractivity contribution in [2.24, 2.45) is 0 Å². The lowest BCUT2D eigenvalue weighted by Gasteiger charge is -2.11. The van der Waals surface area contributed by atoms with Gasteiger partial charge in [0, 0.05) is 10.8 Å². The number of H-pyrrole nitrogens is 1. The first-order valence-corrected chi connectivity index (χ1v) is 9.47. The minimum absolute atomic E-state index is 0.0121. The number of carbonyl (C=O) groups excluding carboxylic acids is 1. The van der Waals surface area contributed by atoms with E-state index in [0.29, 0.717) is 16.8 Å². The van der Waals surface area contributed by atoms with Gasteiger partial charge in [0.25, 0.3) is 0 Å². The third-order valence-electron chi connectivity index (χ3n) is 3.90. The Kier molecular flexibility index (Phi) is 5.15. The van der Waals surface area contributed by atoms with Crippen molar-refractivity contribution in [2.75, 3.05) is 5.75 Å². The molecule has 1 saturated carbocycles. The molecule has 5 nitrogen and oxygen atoms in total. The van der Waals surface area contributed by atoms with Gasteiger partial charge in [0.1, 0.15) is 5.82 Å². The molecule has 1 amide bonds. The van der Waals surface area contributed by atoms with E-state index in [4.69, 9.17) is 0 Å². The highest BCUT2D eigenvalue weighted by molar-refractivity contribution is 7.99. The van der Waals surface area contributed by atoms with E-state index < -0.39 is 0 Å². The lowest BCUT2D eigenvalue weighted by Crippen LogP contribution is -2.27. The van der Waals surface area contributed by atoms with E-state index >= 15 is 0 Å². The summed E-state index contributed by atoms with van der Waals surface area (Å²) >= 11 is 3.04. The van der Waals surface area contributed by atoms with E-state index in [-0.39, 0.29) is 11.9 Å². The molecule has 0 radical (unpaired) electrons. The van der Waals surface area contributed by atoms with Crippen LogP contribution in [-0.2, 0) is 4.79 Å². The van der Waals surface area contributed by atoms with Gasteiger partial charge in [0.15, 0.2) is 0 Å². The number of rotatable bonds is 6. The maximum atomic E-state index is 12.0. The fourth-order valence-corrected chi connectivity index (χ4v) is 4.08. The molecule has 1 atom stereocenters. The van der Waals surface area contributed by atoms with Crippen molar-refractivity contribution in [3.8, 4) is 0 Å². The van der Waals surface area contributed by atoms with Crippen LogP contribution in [0.3, 0.4) is 0 Å². The summed E-state index contributed by atoms with van der Waals surface area (Å²) in [5.74, 6) is 1.86. The molecule has 0 spiro atoms. The second-order valence-corrected chi connectivity index (χ2v) is 7.50. The standard InChI is InChI=1S/C15H20N4OS2/c1-10(12-7-4-8-21-12)16-13(20)9-22-15-17-14(18-19-15)11-5-2-3-6-11/h4,7-8,10-11H,2-3,5-6,9H2,1H3,(H,16,20)(H,17,18,19). The van der Waals surface area contributed by atoms with Gasteiger partial charge in [-0.05, 0) is 31.2 Å². The van der Waals surface area contributed by atoms with Crippen LogP contribution < -0.4 is 5.32 Å². The van der Waals surface area contributed by atoms with Crippen LogP contribution in [0.5, 0.6) is 0 Å². The molecule has 22 heavy (non-hydrogen) atoms. The van der Waals surface area contributed by atoms with E-state index in [9.17, 15) is 4.79 Å². The largest absolute Gasteiger partial charge is 0.348 e. The van der Waals surface area contributed by atoms with E-state index in [2.05, 4.69) is 20.5 Å². The Labute approximate surface area is 138 Å². The van der Waals surface area contributed by atoms with Crippen molar-refractivity contribution < 1.29 is 4.79 Å². The summed E-state index contributed by atoms with van der Waals surface area (Å²) in [6.07, 6.45) is 4.93. The predicted molar refractivity (Wildman–Crippen MR) is 89.2 cm³/mol. The van der Waals surface area contributed by atoms with Gasteiger partial charge in [-0.2, -0.15) is 0 Å². The van der Waals surface area contributed by atoms with Crippen molar-refractivity contribution in [3.05, 3.63) is 28.2 Å². The van der Waals surface area contributed by atoms with Crippen molar-refractivity contribution in [1.29, 1.82) is 0 Å². The number of aromatic nitrogens is 3. The number of thiophene rings is 1. The average molecular weight is 336 g/mol. The van der Waals surface area contributed by atoms with Gasteiger partial charge in [-0.3, -0.25) is 9.89 Å². The molecule has 1 fully saturated rings. The molecular formula is C15H20N4OS2. The predicted octanol–water partition coefficient (Wildman–Crippen LogP) is 3.49. The molecule has 0 aromatic carbocycles. The van der Waals surface area contributed by atoms with Crippen molar-refractivity contribution >= 4 is 29.0 Å². The maximum absolute atomic E-state index is 12.0. The summed E-state index contributed by atoms with van der Waals surface area (Å²) in [6, 6.07) is 4.08. The van der Waals surface area contributed by atoms with E-state index in [0.717, 1.165) is 5.82 Å². The zero-order valence-electron chi connectivity index (χ0n) is 12.5. The molecule has 0 saturated heterocycles. The molecule has 118 valence electrons. The van der Waals surface area contributed by atoms with Gasteiger partial charge < -0.3 is 5.32 Å². The summed E-state index contributed by atoms with van der Waals surface area (Å²) in [5.41, 5.74) is 0. The number of hydrogen-bond donors (Lipinski definition) is 2. The number of amides is 1. The number of carbonyl (C=O) groups is 1. The molecule has 1 aliphatic carbocycles. The molecule has 7 heteroatoms. The fraction of sp³-hybridized carbons (Fsp3) is 0.533. The molecule has 2 heterocycles. The van der Waals surface area contributed by atoms with Crippen LogP contribution in [0.25, 0.3) is 0 Å². The molecule has 2 N–H and O–H groups in total. The van der Waals surface area contributed by atoms with Gasteiger partial charge in [-0.25, -0.2) is 4.98 Å². The third kappa shape index (κ3) is 3.89. The molecule has 0 aliphatic heterocycles. The fourth-order valence-electron chi connectivity index (χ4n) is 2.73. The van der Waals surface area contributed by atoms with Gasteiger partial charge in [0.05, 0.1) is 11.8 Å². The first kappa shape index (κ1) is 15.6. The summed E-state index contributed by atoms with van der Waals surface area (Å²) in [4.78, 5) is 17.7. The summed E-state index contributed by atoms with van der Waals surface area (Å²) in [6.45, 7) is 2.00. The van der Waals surface area contributed by atoms with Gasteiger partial charge in [0.2, 0.25) is 11.1 Å². The first-order valence-electron chi connectivity index (χ1n) is 7.60. The highest BCUT2D eigenvalue weighted by Crippen LogP contribution is 2.32. The Balaban J connectivity index is 1.46. The topological polar surface area (TPSA) is 70.7 Å². The summed E-state index contributed by atoms with van der Waals surface area (Å²) in [7, 11) is 0. The monoisotopic (exact) mass is 336 g/mol. The number of hydrogen-bond acceptors (Lipinski definition) is 5. The highest BCUT2D eigenvalue weighted by Gasteiger charge is 2.21. The summed E-state index contributed by atoms with van der Waals surface area (Å²) < 4.78 is 0. The number of thioether (sulfide) groups is 1. The van der Waals surface area contributed by atoms with Crippen LogP contribution >= 0.6 is 23.1 Å². The van der Waals surface area contributed by atoms with Gasteiger partial charge in [-0.15, -0.1) is 16.4 Å². The van der Waals surface area contributed by atoms with Crippen LogP contribution in [0.15, 0.2) is 22.7 Å². The third-order valence-corrected chi connectivity index (χ3v) is 5.81. The molecule has 2 aromatic heterocycles. The molecular weight excluding hydrogens is 316 g/mol. The Morgan fingerprint density at radius 1 is 1.55 bits per heavy atom. The van der Waals surface area contributed by atoms with Crippen molar-refractivity contribution in [3.63, 3.8) is 0 Å². The smallest absolute Gasteiger partial charge is 0.230 e. The number of aromatic amines is 1. The summed E-state index contributed by atoms with van der Waals surface area (Å²) in [5, 5.41) is 12.9. The Hall–Kier alpha value is -1.34. The van der Waals surface area contributed by atoms with Crippen molar-refractivity contribution in [2.45, 2.75) is 49.7 Å². The number of nitrogens with zero attached hydrogens (tertiary/aromatic N) is 2. The Morgan fingerprint density at radius 3 is 3.09 bits per heavy atom. The van der Waals surface area contributed by atoms with Crippen LogP contribution in [-0.4, -0.2) is 26.8 Å². The zero-order chi connectivity index (χ0) is 15.4. The van der Waals surface area contributed by atoms with E-state index in [1.807, 2.05) is 24.4 Å². The normalized spacial score (nSPS) is 16.8. The lowest BCUT2D eigenvalue weighted by molar-refractivity contribution is -0.119. The van der Waals surface area contributed by atoms with Crippen LogP contribution in [0, 0.1) is 0 Å². The first-order chi connectivity index (χ1) is 10.7. The molecule has 1 unspecified atom stereocenters. The quantitative estimate of drug-likeness (QED) is 0.792. The minimum atomic E-state index is 0.0121. The highest BCUT2D eigenvalue weighted by atomic mass is 32.2. The Bertz CT molecular complexity index is 605. The van der Waals surface area contributed by atoms with Crippen LogP contribution in [0.1, 0.15) is 55.3 Å². The molecule has 0 bridgehead atoms. The SMILES string of the molecule is CC(NC(=O)CSc1n[nH]c(C2CCCC2)n1)c1cccs1. The van der Waals surface area contributed by atoms with Gasteiger partial charge >= 0.3 is 0 Å². The minimum Gasteiger partial charge on any atom is -0.348 e. The molecule has 3 rings (SSSR count). The van der Waals surface area contributed by atoms with Crippen molar-refractivity contribution in [1.82, 2.24) is 20.5 Å². The molecule has 1 aliphatic rings. The molecule has 2 aromatic rings. The lowest BCUT2D eigenvalue weighted by atomic mass is 10.1. The van der Waals surface area contributed by atoms with E-state index in [1.54, 1.807) is 11.3 Å². The van der Waals surface area contributed by atoms with E-state index in [1.165, 1.54) is 42.3 Å². The second-order valence-electron chi connectivity index (χ2n) is 5.58. The average Bonchev–Trinajstić information content (AvgIpc) is 3.25.